The van der Waals surface area contributed by atoms with Crippen LogP contribution in [-0.4, -0.2) is 37.1 Å². The van der Waals surface area contributed by atoms with Crippen LogP contribution in [0.4, 0.5) is 0 Å². The van der Waals surface area contributed by atoms with Gasteiger partial charge in [0.15, 0.2) is 0 Å². The molecule has 0 aromatic carbocycles. The van der Waals surface area contributed by atoms with Gasteiger partial charge in [0.05, 0.1) is 0 Å². The molecule has 0 aromatic rings. The van der Waals surface area contributed by atoms with Crippen molar-refractivity contribution >= 4 is 0 Å². The van der Waals surface area contributed by atoms with Crippen LogP contribution in [0, 0.1) is 5.92 Å². The Balaban J connectivity index is 3.82. The highest BCUT2D eigenvalue weighted by atomic mass is 15.1. The molecule has 0 aliphatic heterocycles. The van der Waals surface area contributed by atoms with Crippen LogP contribution in [-0.2, 0) is 0 Å². The van der Waals surface area contributed by atoms with Crippen molar-refractivity contribution in [3.05, 3.63) is 12.7 Å². The smallest absolute Gasteiger partial charge is 0.0163 e. The lowest BCUT2D eigenvalue weighted by atomic mass is 10.1. The van der Waals surface area contributed by atoms with Crippen LogP contribution in [0.15, 0.2) is 12.7 Å². The minimum Gasteiger partial charge on any atom is -0.317 e. The molecule has 14 heavy (non-hydrogen) atoms. The van der Waals surface area contributed by atoms with Gasteiger partial charge in [-0.1, -0.05) is 19.9 Å². The number of rotatable bonds is 8. The molecule has 2 nitrogen and oxygen atoms in total. The van der Waals surface area contributed by atoms with Crippen molar-refractivity contribution < 1.29 is 0 Å². The number of nitrogens with zero attached hydrogens (tertiary/aromatic N) is 1. The Morgan fingerprint density at radius 3 is 2.43 bits per heavy atom. The van der Waals surface area contributed by atoms with E-state index in [1.165, 1.54) is 0 Å². The summed E-state index contributed by atoms with van der Waals surface area (Å²) in [5, 5.41) is 3.38. The first kappa shape index (κ1) is 13.7. The van der Waals surface area contributed by atoms with E-state index in [-0.39, 0.29) is 0 Å². The van der Waals surface area contributed by atoms with E-state index in [1.54, 1.807) is 0 Å². The minimum atomic E-state index is 0.608. The zero-order valence-corrected chi connectivity index (χ0v) is 10.2. The highest BCUT2D eigenvalue weighted by molar-refractivity contribution is 4.77. The molecule has 0 aromatic heterocycles. The van der Waals surface area contributed by atoms with Crippen LogP contribution < -0.4 is 5.32 Å². The maximum atomic E-state index is 3.80. The summed E-state index contributed by atoms with van der Waals surface area (Å²) in [7, 11) is 0. The molecular formula is C12H26N2. The summed E-state index contributed by atoms with van der Waals surface area (Å²) in [6.07, 6.45) is 1.99. The topological polar surface area (TPSA) is 15.3 Å². The molecule has 0 fully saturated rings. The summed E-state index contributed by atoms with van der Waals surface area (Å²) < 4.78 is 0. The van der Waals surface area contributed by atoms with Gasteiger partial charge in [0.1, 0.15) is 0 Å². The van der Waals surface area contributed by atoms with Crippen LogP contribution in [0.3, 0.4) is 0 Å². The summed E-state index contributed by atoms with van der Waals surface area (Å²) in [5.74, 6) is 0.706. The van der Waals surface area contributed by atoms with Gasteiger partial charge < -0.3 is 5.32 Å². The minimum absolute atomic E-state index is 0.608. The third-order valence-corrected chi connectivity index (χ3v) is 2.38. The van der Waals surface area contributed by atoms with Crippen molar-refractivity contribution in [2.24, 2.45) is 5.92 Å². The molecule has 0 bridgehead atoms. The second-order valence-electron chi connectivity index (χ2n) is 4.25. The Morgan fingerprint density at radius 2 is 2.00 bits per heavy atom. The molecule has 0 rings (SSSR count). The maximum Gasteiger partial charge on any atom is 0.0163 e. The largest absolute Gasteiger partial charge is 0.317 e. The molecular weight excluding hydrogens is 172 g/mol. The van der Waals surface area contributed by atoms with Crippen LogP contribution in [0.2, 0.25) is 0 Å². The van der Waals surface area contributed by atoms with E-state index in [2.05, 4.69) is 44.5 Å². The van der Waals surface area contributed by atoms with E-state index in [4.69, 9.17) is 0 Å². The van der Waals surface area contributed by atoms with Crippen molar-refractivity contribution in [2.45, 2.75) is 33.7 Å². The predicted molar refractivity (Wildman–Crippen MR) is 64.6 cm³/mol. The molecule has 0 saturated carbocycles. The standard InChI is InChI=1S/C12H26N2/c1-6-8-14(11(3)4)10-12(5)9-13-7-2/h6,11-13H,1,7-10H2,2-5H3. The monoisotopic (exact) mass is 198 g/mol. The fourth-order valence-electron chi connectivity index (χ4n) is 1.52. The lowest BCUT2D eigenvalue weighted by Gasteiger charge is -2.28. The fourth-order valence-corrected chi connectivity index (χ4v) is 1.52. The Bertz CT molecular complexity index is 143. The molecule has 1 atom stereocenters. The van der Waals surface area contributed by atoms with Crippen LogP contribution in [0.25, 0.3) is 0 Å². The van der Waals surface area contributed by atoms with Crippen LogP contribution >= 0.6 is 0 Å². The Morgan fingerprint density at radius 1 is 1.36 bits per heavy atom. The lowest BCUT2D eigenvalue weighted by Crippen LogP contribution is -2.37. The highest BCUT2D eigenvalue weighted by Gasteiger charge is 2.11. The normalized spacial score (nSPS) is 13.6. The van der Waals surface area contributed by atoms with Crippen molar-refractivity contribution in [1.29, 1.82) is 0 Å². The average Bonchev–Trinajstić information content (AvgIpc) is 2.14. The fraction of sp³-hybridized carbons (Fsp3) is 0.833. The highest BCUT2D eigenvalue weighted by Crippen LogP contribution is 2.03. The van der Waals surface area contributed by atoms with Crippen molar-refractivity contribution in [3.8, 4) is 0 Å². The number of hydrogen-bond donors (Lipinski definition) is 1. The van der Waals surface area contributed by atoms with Gasteiger partial charge in [0.2, 0.25) is 0 Å². The molecule has 84 valence electrons. The Kier molecular flexibility index (Phi) is 7.81. The molecule has 2 heteroatoms. The average molecular weight is 198 g/mol. The second-order valence-corrected chi connectivity index (χ2v) is 4.25. The molecule has 1 unspecified atom stereocenters. The van der Waals surface area contributed by atoms with Gasteiger partial charge >= 0.3 is 0 Å². The lowest BCUT2D eigenvalue weighted by molar-refractivity contribution is 0.211. The summed E-state index contributed by atoms with van der Waals surface area (Å²) in [4.78, 5) is 2.45. The van der Waals surface area contributed by atoms with Gasteiger partial charge in [0, 0.05) is 19.1 Å². The van der Waals surface area contributed by atoms with E-state index in [0.717, 1.165) is 26.2 Å². The summed E-state index contributed by atoms with van der Waals surface area (Å²) >= 11 is 0. The van der Waals surface area contributed by atoms with Crippen molar-refractivity contribution in [3.63, 3.8) is 0 Å². The van der Waals surface area contributed by atoms with Gasteiger partial charge in [-0.05, 0) is 32.9 Å². The molecule has 0 spiro atoms. The molecule has 0 amide bonds. The quantitative estimate of drug-likeness (QED) is 0.601. The third kappa shape index (κ3) is 6.17. The molecule has 0 heterocycles. The molecule has 0 aliphatic rings. The third-order valence-electron chi connectivity index (χ3n) is 2.38. The first-order valence-electron chi connectivity index (χ1n) is 5.67. The second kappa shape index (κ2) is 8.01. The van der Waals surface area contributed by atoms with E-state index >= 15 is 0 Å². The van der Waals surface area contributed by atoms with Gasteiger partial charge in [-0.2, -0.15) is 0 Å². The van der Waals surface area contributed by atoms with Crippen LogP contribution in [0.1, 0.15) is 27.7 Å². The molecule has 1 N–H and O–H groups in total. The summed E-state index contributed by atoms with van der Waals surface area (Å²) in [6, 6.07) is 0.608. The van der Waals surface area contributed by atoms with Gasteiger partial charge in [-0.25, -0.2) is 0 Å². The van der Waals surface area contributed by atoms with E-state index in [1.807, 2.05) is 6.08 Å². The van der Waals surface area contributed by atoms with Crippen molar-refractivity contribution in [1.82, 2.24) is 10.2 Å². The van der Waals surface area contributed by atoms with E-state index in [9.17, 15) is 0 Å². The summed E-state index contributed by atoms with van der Waals surface area (Å²) in [5.41, 5.74) is 0. The van der Waals surface area contributed by atoms with Gasteiger partial charge in [-0.3, -0.25) is 4.90 Å². The van der Waals surface area contributed by atoms with Crippen molar-refractivity contribution in [2.75, 3.05) is 26.2 Å². The van der Waals surface area contributed by atoms with Gasteiger partial charge in [-0.15, -0.1) is 6.58 Å². The zero-order valence-electron chi connectivity index (χ0n) is 10.2. The zero-order chi connectivity index (χ0) is 11.0. The van der Waals surface area contributed by atoms with E-state index < -0.39 is 0 Å². The Labute approximate surface area is 89.4 Å². The summed E-state index contributed by atoms with van der Waals surface area (Å²) in [6.45, 7) is 17.0. The molecule has 0 aliphatic carbocycles. The van der Waals surface area contributed by atoms with E-state index in [0.29, 0.717) is 12.0 Å². The number of nitrogens with one attached hydrogen (secondary N) is 1. The molecule has 0 radical (unpaired) electrons. The van der Waals surface area contributed by atoms with Gasteiger partial charge in [0.25, 0.3) is 0 Å². The first-order chi connectivity index (χ1) is 6.61. The Hall–Kier alpha value is -0.340. The maximum absolute atomic E-state index is 3.80. The number of hydrogen-bond acceptors (Lipinski definition) is 2. The predicted octanol–water partition coefficient (Wildman–Crippen LogP) is 2.13. The first-order valence-corrected chi connectivity index (χ1v) is 5.67. The SMILES string of the molecule is C=CCN(CC(C)CNCC)C(C)C. The van der Waals surface area contributed by atoms with Crippen LogP contribution in [0.5, 0.6) is 0 Å². The molecule has 0 saturated heterocycles.